The van der Waals surface area contributed by atoms with E-state index in [1.165, 1.54) is 4.88 Å². The van der Waals surface area contributed by atoms with Crippen LogP contribution < -0.4 is 10.1 Å². The lowest BCUT2D eigenvalue weighted by atomic mass is 10.1. The minimum absolute atomic E-state index is 0.295. The molecule has 0 amide bonds. The predicted molar refractivity (Wildman–Crippen MR) is 83.5 cm³/mol. The van der Waals surface area contributed by atoms with Crippen LogP contribution in [-0.4, -0.2) is 16.6 Å². The highest BCUT2D eigenvalue weighted by Gasteiger charge is 2.15. The number of hydrogen-bond acceptors (Lipinski definition) is 5. The third-order valence-corrected chi connectivity index (χ3v) is 4.08. The Morgan fingerprint density at radius 1 is 1.35 bits per heavy atom. The number of nitrogens with one attached hydrogen (secondary N) is 1. The summed E-state index contributed by atoms with van der Waals surface area (Å²) in [7, 11) is 0. The summed E-state index contributed by atoms with van der Waals surface area (Å²) in [5.74, 6) is 1.52. The van der Waals surface area contributed by atoms with Crippen molar-refractivity contribution in [2.45, 2.75) is 39.7 Å². The predicted octanol–water partition coefficient (Wildman–Crippen LogP) is 4.20. The molecule has 0 aliphatic carbocycles. The molecule has 0 saturated carbocycles. The van der Waals surface area contributed by atoms with E-state index in [0.717, 1.165) is 24.2 Å². The summed E-state index contributed by atoms with van der Waals surface area (Å²) >= 11 is 1.77. The number of ether oxygens (including phenoxy) is 1. The van der Waals surface area contributed by atoms with Crippen molar-refractivity contribution in [2.75, 3.05) is 11.9 Å². The molecule has 2 heterocycles. The van der Waals surface area contributed by atoms with Gasteiger partial charge in [0.15, 0.2) is 0 Å². The first kappa shape index (κ1) is 14.8. The Hall–Kier alpha value is -1.62. The molecule has 108 valence electrons. The van der Waals surface area contributed by atoms with E-state index in [9.17, 15) is 0 Å². The molecule has 0 radical (unpaired) electrons. The minimum Gasteiger partial charge on any atom is -0.478 e. The average Bonchev–Trinajstić information content (AvgIpc) is 2.97. The summed E-state index contributed by atoms with van der Waals surface area (Å²) < 4.78 is 5.52. The van der Waals surface area contributed by atoms with Gasteiger partial charge in [-0.2, -0.15) is 0 Å². The molecule has 1 atom stereocenters. The van der Waals surface area contributed by atoms with Gasteiger partial charge in [0.1, 0.15) is 12.1 Å². The Morgan fingerprint density at radius 3 is 2.85 bits per heavy atom. The molecule has 0 bridgehead atoms. The lowest BCUT2D eigenvalue weighted by Crippen LogP contribution is -2.12. The average molecular weight is 291 g/mol. The Balaban J connectivity index is 2.20. The highest BCUT2D eigenvalue weighted by molar-refractivity contribution is 7.10. The van der Waals surface area contributed by atoms with Gasteiger partial charge >= 0.3 is 0 Å². The SMILES string of the molecule is CCCC(Nc1ncnc(OCC)c1C)c1cccs1. The van der Waals surface area contributed by atoms with E-state index in [1.54, 1.807) is 17.7 Å². The molecule has 1 N–H and O–H groups in total. The fraction of sp³-hybridized carbons (Fsp3) is 0.467. The van der Waals surface area contributed by atoms with Gasteiger partial charge in [-0.05, 0) is 31.7 Å². The van der Waals surface area contributed by atoms with Crippen LogP contribution in [0.1, 0.15) is 43.2 Å². The third-order valence-electron chi connectivity index (χ3n) is 3.09. The number of hydrogen-bond donors (Lipinski definition) is 1. The quantitative estimate of drug-likeness (QED) is 0.830. The van der Waals surface area contributed by atoms with Crippen molar-refractivity contribution in [1.82, 2.24) is 9.97 Å². The van der Waals surface area contributed by atoms with Crippen LogP contribution >= 0.6 is 11.3 Å². The van der Waals surface area contributed by atoms with Crippen molar-refractivity contribution < 1.29 is 4.74 Å². The summed E-state index contributed by atoms with van der Waals surface area (Å²) in [5.41, 5.74) is 0.965. The van der Waals surface area contributed by atoms with Crippen LogP contribution in [0.2, 0.25) is 0 Å². The van der Waals surface area contributed by atoms with Gasteiger partial charge in [-0.25, -0.2) is 9.97 Å². The molecule has 0 fully saturated rings. The molecule has 0 spiro atoms. The van der Waals surface area contributed by atoms with Crippen LogP contribution in [0.3, 0.4) is 0 Å². The van der Waals surface area contributed by atoms with Crippen LogP contribution in [0.5, 0.6) is 5.88 Å². The Labute approximate surface area is 124 Å². The molecule has 20 heavy (non-hydrogen) atoms. The molecule has 4 nitrogen and oxygen atoms in total. The van der Waals surface area contributed by atoms with Gasteiger partial charge in [0.2, 0.25) is 5.88 Å². The van der Waals surface area contributed by atoms with Crippen molar-refractivity contribution in [3.63, 3.8) is 0 Å². The van der Waals surface area contributed by atoms with Crippen LogP contribution in [0, 0.1) is 6.92 Å². The zero-order valence-electron chi connectivity index (χ0n) is 12.2. The van der Waals surface area contributed by atoms with Crippen LogP contribution in [-0.2, 0) is 0 Å². The summed E-state index contributed by atoms with van der Waals surface area (Å²) in [6.45, 7) is 6.76. The highest BCUT2D eigenvalue weighted by Crippen LogP contribution is 2.29. The number of aromatic nitrogens is 2. The number of rotatable bonds is 7. The molecular formula is C15H21N3OS. The van der Waals surface area contributed by atoms with Gasteiger partial charge in [0, 0.05) is 4.88 Å². The molecule has 1 unspecified atom stereocenters. The second-order valence-corrected chi connectivity index (χ2v) is 5.57. The van der Waals surface area contributed by atoms with Gasteiger partial charge in [-0.15, -0.1) is 11.3 Å². The summed E-state index contributed by atoms with van der Waals surface area (Å²) in [5, 5.41) is 5.64. The van der Waals surface area contributed by atoms with Gasteiger partial charge in [0.05, 0.1) is 18.2 Å². The molecule has 0 aliphatic rings. The first-order valence-electron chi connectivity index (χ1n) is 7.00. The van der Waals surface area contributed by atoms with Gasteiger partial charge in [-0.3, -0.25) is 0 Å². The first-order chi connectivity index (χ1) is 9.76. The maximum Gasteiger partial charge on any atom is 0.221 e. The van der Waals surface area contributed by atoms with E-state index in [0.29, 0.717) is 18.5 Å². The second-order valence-electron chi connectivity index (χ2n) is 4.59. The first-order valence-corrected chi connectivity index (χ1v) is 7.88. The van der Waals surface area contributed by atoms with Crippen molar-refractivity contribution in [3.8, 4) is 5.88 Å². The molecular weight excluding hydrogens is 270 g/mol. The third kappa shape index (κ3) is 3.48. The summed E-state index contributed by atoms with van der Waals surface area (Å²) in [6.07, 6.45) is 3.75. The fourth-order valence-corrected chi connectivity index (χ4v) is 2.90. The van der Waals surface area contributed by atoms with Gasteiger partial charge in [-0.1, -0.05) is 19.4 Å². The number of thiophene rings is 1. The van der Waals surface area contributed by atoms with Crippen LogP contribution in [0.25, 0.3) is 0 Å². The summed E-state index contributed by atoms with van der Waals surface area (Å²) in [4.78, 5) is 9.87. The maximum atomic E-state index is 5.52. The monoisotopic (exact) mass is 291 g/mol. The maximum absolute atomic E-state index is 5.52. The van der Waals surface area contributed by atoms with E-state index in [2.05, 4.69) is 39.7 Å². The van der Waals surface area contributed by atoms with Crippen molar-refractivity contribution in [1.29, 1.82) is 0 Å². The van der Waals surface area contributed by atoms with E-state index in [4.69, 9.17) is 4.74 Å². The largest absolute Gasteiger partial charge is 0.478 e. The zero-order valence-corrected chi connectivity index (χ0v) is 13.0. The van der Waals surface area contributed by atoms with E-state index >= 15 is 0 Å². The van der Waals surface area contributed by atoms with Crippen LogP contribution in [0.15, 0.2) is 23.8 Å². The fourth-order valence-electron chi connectivity index (χ4n) is 2.09. The van der Waals surface area contributed by atoms with E-state index < -0.39 is 0 Å². The number of anilines is 1. The zero-order chi connectivity index (χ0) is 14.4. The smallest absolute Gasteiger partial charge is 0.221 e. The Bertz CT molecular complexity index is 528. The lowest BCUT2D eigenvalue weighted by molar-refractivity contribution is 0.323. The lowest BCUT2D eigenvalue weighted by Gasteiger charge is -2.19. The van der Waals surface area contributed by atoms with Crippen molar-refractivity contribution in [3.05, 3.63) is 34.3 Å². The molecule has 2 aromatic rings. The van der Waals surface area contributed by atoms with Gasteiger partial charge in [0.25, 0.3) is 0 Å². The summed E-state index contributed by atoms with van der Waals surface area (Å²) in [6, 6.07) is 4.55. The number of nitrogens with zero attached hydrogens (tertiary/aromatic N) is 2. The second kappa shape index (κ2) is 7.24. The van der Waals surface area contributed by atoms with Crippen molar-refractivity contribution in [2.24, 2.45) is 0 Å². The normalized spacial score (nSPS) is 12.2. The minimum atomic E-state index is 0.295. The molecule has 0 saturated heterocycles. The van der Waals surface area contributed by atoms with Gasteiger partial charge < -0.3 is 10.1 Å². The van der Waals surface area contributed by atoms with Crippen molar-refractivity contribution >= 4 is 17.2 Å². The van der Waals surface area contributed by atoms with E-state index in [1.807, 2.05) is 13.8 Å². The molecule has 2 rings (SSSR count). The molecule has 2 aromatic heterocycles. The highest BCUT2D eigenvalue weighted by atomic mass is 32.1. The Morgan fingerprint density at radius 2 is 2.20 bits per heavy atom. The topological polar surface area (TPSA) is 47.0 Å². The molecule has 0 aromatic carbocycles. The van der Waals surface area contributed by atoms with Crippen LogP contribution in [0.4, 0.5) is 5.82 Å². The molecule has 0 aliphatic heterocycles. The Kier molecular flexibility index (Phi) is 5.35. The van der Waals surface area contributed by atoms with E-state index in [-0.39, 0.29) is 0 Å². The standard InChI is InChI=1S/C15H21N3OS/c1-4-7-12(13-8-6-9-20-13)18-14-11(3)15(19-5-2)17-10-16-14/h6,8-10,12H,4-5,7H2,1-3H3,(H,16,17,18). The molecule has 5 heteroatoms.